The highest BCUT2D eigenvalue weighted by molar-refractivity contribution is 8.24. The number of nitrogens with zero attached hydrogens (tertiary/aromatic N) is 4. The van der Waals surface area contributed by atoms with Gasteiger partial charge in [0, 0.05) is 43.8 Å². The number of benzene rings is 1. The minimum Gasteiger partial charge on any atom is -0.377 e. The summed E-state index contributed by atoms with van der Waals surface area (Å²) in [5, 5.41) is 6.21. The van der Waals surface area contributed by atoms with Crippen LogP contribution in [0.3, 0.4) is 0 Å². The Kier molecular flexibility index (Phi) is 7.88. The summed E-state index contributed by atoms with van der Waals surface area (Å²) < 4.78 is 69.8. The maximum absolute atomic E-state index is 14.3. The Hall–Kier alpha value is -3.48. The van der Waals surface area contributed by atoms with E-state index in [1.807, 2.05) is 18.2 Å². The van der Waals surface area contributed by atoms with Crippen molar-refractivity contribution in [1.82, 2.24) is 20.2 Å². The number of primary amides is 1. The standard InChI is InChI=1S/C29H32F3N7O5S2/c30-29(31,32)19-11-35-28(36-20-4-3-16(9-18(20)15-1-2-15)38-6-5-34-21(12-38)26(33)40)37-24(19)22-10-23-25(45-22)27(41)39(17-13-44-14-17)7-8-46(23,42)43/h3-4,9-11,15,17,21,34,42-43H,1-2,5-8,12-14H2,(H2,33,40)(H,35,36,37). The van der Waals surface area contributed by atoms with Crippen molar-refractivity contribution < 1.29 is 36.6 Å². The maximum atomic E-state index is 14.3. The molecule has 0 spiro atoms. The van der Waals surface area contributed by atoms with Gasteiger partial charge in [0.1, 0.15) is 16.5 Å². The summed E-state index contributed by atoms with van der Waals surface area (Å²) >= 11 is 0.758. The molecule has 2 saturated heterocycles. The van der Waals surface area contributed by atoms with Gasteiger partial charge in [-0.3, -0.25) is 18.7 Å². The van der Waals surface area contributed by atoms with E-state index in [9.17, 15) is 31.9 Å². The molecule has 3 aliphatic heterocycles. The normalized spacial score (nSPS) is 22.5. The van der Waals surface area contributed by atoms with Crippen molar-refractivity contribution in [2.24, 2.45) is 5.73 Å². The van der Waals surface area contributed by atoms with Crippen molar-refractivity contribution in [3.63, 3.8) is 0 Å². The molecule has 1 unspecified atom stereocenters. The molecule has 3 fully saturated rings. The summed E-state index contributed by atoms with van der Waals surface area (Å²) in [6.07, 6.45) is -2.21. The zero-order valence-corrected chi connectivity index (χ0v) is 26.1. The van der Waals surface area contributed by atoms with E-state index in [0.717, 1.165) is 35.4 Å². The number of fused-ring (bicyclic) bond motifs is 1. The molecular weight excluding hydrogens is 647 g/mol. The Morgan fingerprint density at radius 1 is 1.20 bits per heavy atom. The second kappa shape index (κ2) is 11.6. The highest BCUT2D eigenvalue weighted by atomic mass is 32.3. The number of hydrogen-bond acceptors (Lipinski definition) is 11. The fourth-order valence-corrected chi connectivity index (χ4v) is 8.90. The topological polar surface area (TPSA) is 166 Å². The van der Waals surface area contributed by atoms with Crippen LogP contribution in [0.25, 0.3) is 10.6 Å². The molecule has 2 aromatic heterocycles. The van der Waals surface area contributed by atoms with Gasteiger partial charge in [-0.15, -0.1) is 11.3 Å². The molecule has 12 nitrogen and oxygen atoms in total. The number of thiophene rings is 1. The second-order valence-electron chi connectivity index (χ2n) is 11.8. The second-order valence-corrected chi connectivity index (χ2v) is 15.1. The van der Waals surface area contributed by atoms with Gasteiger partial charge < -0.3 is 30.9 Å². The van der Waals surface area contributed by atoms with Gasteiger partial charge in [-0.05, 0) is 48.6 Å². The Morgan fingerprint density at radius 3 is 2.65 bits per heavy atom. The Labute approximate surface area is 267 Å². The number of rotatable bonds is 7. The lowest BCUT2D eigenvalue weighted by Gasteiger charge is -2.37. The quantitative estimate of drug-likeness (QED) is 0.246. The van der Waals surface area contributed by atoms with Crippen molar-refractivity contribution in [2.45, 2.75) is 41.9 Å². The maximum Gasteiger partial charge on any atom is 0.420 e. The first-order valence-corrected chi connectivity index (χ1v) is 17.3. The Morgan fingerprint density at radius 2 is 1.98 bits per heavy atom. The molecule has 0 radical (unpaired) electrons. The molecule has 1 saturated carbocycles. The van der Waals surface area contributed by atoms with Gasteiger partial charge in [0.25, 0.3) is 5.91 Å². The number of nitrogens with two attached hydrogens (primary N) is 1. The highest BCUT2D eigenvalue weighted by Gasteiger charge is 2.41. The number of ether oxygens (including phenoxy) is 1. The van der Waals surface area contributed by atoms with Crippen molar-refractivity contribution >= 4 is 51.1 Å². The number of carbonyl (C=O) groups excluding carboxylic acids is 2. The van der Waals surface area contributed by atoms with E-state index < -0.39 is 45.9 Å². The van der Waals surface area contributed by atoms with Crippen molar-refractivity contribution in [2.75, 3.05) is 55.4 Å². The number of nitrogens with one attached hydrogen (secondary N) is 2. The van der Waals surface area contributed by atoms with E-state index in [1.165, 1.54) is 11.0 Å². The monoisotopic (exact) mass is 679 g/mol. The van der Waals surface area contributed by atoms with Gasteiger partial charge in [-0.2, -0.15) is 23.8 Å². The lowest BCUT2D eigenvalue weighted by atomic mass is 10.1. The first-order valence-electron chi connectivity index (χ1n) is 14.8. The molecule has 17 heteroatoms. The zero-order chi connectivity index (χ0) is 32.4. The van der Waals surface area contributed by atoms with Gasteiger partial charge in [0.15, 0.2) is 0 Å². The fraction of sp³-hybridized carbons (Fsp3) is 0.448. The molecule has 3 aromatic rings. The molecule has 6 N–H and O–H groups in total. The highest BCUT2D eigenvalue weighted by Crippen LogP contribution is 2.56. The molecule has 5 heterocycles. The number of halogens is 3. The summed E-state index contributed by atoms with van der Waals surface area (Å²) in [6.45, 7) is 2.41. The summed E-state index contributed by atoms with van der Waals surface area (Å²) in [4.78, 5) is 37.0. The molecule has 1 aromatic carbocycles. The number of alkyl halides is 3. The molecule has 46 heavy (non-hydrogen) atoms. The van der Waals surface area contributed by atoms with Crippen LogP contribution in [0.1, 0.15) is 39.6 Å². The predicted octanol–water partition coefficient (Wildman–Crippen LogP) is 4.07. The average Bonchev–Trinajstić information content (AvgIpc) is 3.75. The third-order valence-electron chi connectivity index (χ3n) is 8.69. The number of amides is 2. The van der Waals surface area contributed by atoms with Crippen LogP contribution in [0, 0.1) is 0 Å². The van der Waals surface area contributed by atoms with E-state index >= 15 is 0 Å². The third-order valence-corrected chi connectivity index (χ3v) is 11.7. The molecule has 0 bridgehead atoms. The van der Waals surface area contributed by atoms with E-state index in [0.29, 0.717) is 44.7 Å². The lowest BCUT2D eigenvalue weighted by molar-refractivity contribution is -0.137. The fourth-order valence-electron chi connectivity index (χ4n) is 5.93. The Bertz CT molecular complexity index is 1700. The number of piperazine rings is 1. The molecule has 2 amide bonds. The van der Waals surface area contributed by atoms with Crippen molar-refractivity contribution in [1.29, 1.82) is 0 Å². The summed E-state index contributed by atoms with van der Waals surface area (Å²) in [5.74, 6) is -0.859. The zero-order valence-electron chi connectivity index (χ0n) is 24.4. The van der Waals surface area contributed by atoms with Gasteiger partial charge in [-0.1, -0.05) is 0 Å². The predicted molar refractivity (Wildman–Crippen MR) is 167 cm³/mol. The minimum absolute atomic E-state index is 0.0151. The van der Waals surface area contributed by atoms with Crippen LogP contribution < -0.4 is 21.3 Å². The van der Waals surface area contributed by atoms with Crippen LogP contribution in [-0.4, -0.2) is 93.0 Å². The largest absolute Gasteiger partial charge is 0.420 e. The van der Waals surface area contributed by atoms with Crippen molar-refractivity contribution in [3.05, 3.63) is 46.5 Å². The van der Waals surface area contributed by atoms with E-state index in [-0.39, 0.29) is 44.9 Å². The number of carbonyl (C=O) groups is 2. The van der Waals surface area contributed by atoms with Crippen LogP contribution in [-0.2, 0) is 15.7 Å². The number of hydrogen-bond donors (Lipinski definition) is 5. The summed E-state index contributed by atoms with van der Waals surface area (Å²) in [5.41, 5.74) is 6.44. The molecule has 246 valence electrons. The lowest BCUT2D eigenvalue weighted by Crippen LogP contribution is -2.56. The first-order chi connectivity index (χ1) is 21.9. The van der Waals surface area contributed by atoms with Crippen LogP contribution in [0.5, 0.6) is 0 Å². The van der Waals surface area contributed by atoms with Crippen LogP contribution in [0.2, 0.25) is 0 Å². The SMILES string of the molecule is NC(=O)C1CN(c2ccc(Nc3ncc(C(F)(F)F)c(-c4cc5c(s4)C(=O)N(C4COC4)CCS5(O)O)n3)c(C3CC3)c2)CCN1. The third kappa shape index (κ3) is 5.91. The molecular formula is C29H32F3N7O5S2. The minimum atomic E-state index is -4.82. The number of aromatic nitrogens is 2. The van der Waals surface area contributed by atoms with E-state index in [1.54, 1.807) is 0 Å². The van der Waals surface area contributed by atoms with Gasteiger partial charge in [-0.25, -0.2) is 9.97 Å². The molecule has 4 aliphatic rings. The van der Waals surface area contributed by atoms with Crippen LogP contribution in [0.4, 0.5) is 30.5 Å². The van der Waals surface area contributed by atoms with Gasteiger partial charge in [0.05, 0.1) is 40.5 Å². The Balaban J connectivity index is 1.23. The summed E-state index contributed by atoms with van der Waals surface area (Å²) in [6, 6.07) is 6.24. The van der Waals surface area contributed by atoms with Gasteiger partial charge >= 0.3 is 6.18 Å². The van der Waals surface area contributed by atoms with Crippen molar-refractivity contribution in [3.8, 4) is 10.6 Å². The molecule has 1 atom stereocenters. The van der Waals surface area contributed by atoms with Crippen LogP contribution in [0.15, 0.2) is 35.4 Å². The molecule has 7 rings (SSSR count). The van der Waals surface area contributed by atoms with Crippen LogP contribution >= 0.6 is 21.9 Å². The number of anilines is 3. The first kappa shape index (κ1) is 31.1. The van der Waals surface area contributed by atoms with Gasteiger partial charge in [0.2, 0.25) is 11.9 Å². The average molecular weight is 680 g/mol. The summed E-state index contributed by atoms with van der Waals surface area (Å²) in [7, 11) is -3.45. The smallest absolute Gasteiger partial charge is 0.377 e. The van der Waals surface area contributed by atoms with E-state index in [4.69, 9.17) is 10.5 Å². The molecule has 1 aliphatic carbocycles. The van der Waals surface area contributed by atoms with E-state index in [2.05, 4.69) is 25.5 Å².